The predicted octanol–water partition coefficient (Wildman–Crippen LogP) is 1.81. The number of aromatic nitrogens is 1. The van der Waals surface area contributed by atoms with Crippen LogP contribution in [0.1, 0.15) is 31.5 Å². The van der Waals surface area contributed by atoms with Crippen molar-refractivity contribution in [2.75, 3.05) is 20.1 Å². The Morgan fingerprint density at radius 2 is 2.11 bits per heavy atom. The molecule has 150 valence electrons. The van der Waals surface area contributed by atoms with Crippen LogP contribution in [0.2, 0.25) is 0 Å². The second-order valence-electron chi connectivity index (χ2n) is 7.01. The first-order valence-electron chi connectivity index (χ1n) is 9.10. The lowest BCUT2D eigenvalue weighted by atomic mass is 10.0. The number of likely N-dealkylation sites (N-methyl/N-ethyl adjacent to an activating group) is 1. The van der Waals surface area contributed by atoms with Crippen molar-refractivity contribution >= 4 is 5.91 Å². The summed E-state index contributed by atoms with van der Waals surface area (Å²) in [6, 6.07) is 7.27. The molecule has 2 aromatic rings. The predicted molar refractivity (Wildman–Crippen MR) is 101 cm³/mol. The summed E-state index contributed by atoms with van der Waals surface area (Å²) in [5.41, 5.74) is 1.56. The third-order valence-electron chi connectivity index (χ3n) is 4.61. The van der Waals surface area contributed by atoms with E-state index in [9.17, 15) is 19.4 Å². The highest BCUT2D eigenvalue weighted by atomic mass is 19.1. The average Bonchev–Trinajstić information content (AvgIpc) is 2.63. The van der Waals surface area contributed by atoms with E-state index in [1.54, 1.807) is 30.3 Å². The molecule has 7 nitrogen and oxygen atoms in total. The largest absolute Gasteiger partial charge is 0.439 e. The third kappa shape index (κ3) is 5.03. The first-order chi connectivity index (χ1) is 13.2. The molecular weight excluding hydrogens is 365 g/mol. The maximum atomic E-state index is 14.4. The Labute approximate surface area is 162 Å². The van der Waals surface area contributed by atoms with E-state index in [0.29, 0.717) is 31.5 Å². The molecule has 1 aliphatic heterocycles. The van der Waals surface area contributed by atoms with E-state index < -0.39 is 11.8 Å². The number of rotatable bonds is 4. The normalized spacial score (nSPS) is 18.5. The molecule has 1 aromatic carbocycles. The number of pyridine rings is 1. The number of carbonyl (C=O) groups is 1. The van der Waals surface area contributed by atoms with Crippen LogP contribution in [0, 0.1) is 5.82 Å². The first kappa shape index (κ1) is 20.2. The zero-order valence-corrected chi connectivity index (χ0v) is 15.9. The van der Waals surface area contributed by atoms with Gasteiger partial charge in [-0.15, -0.1) is 0 Å². The lowest BCUT2D eigenvalue weighted by Gasteiger charge is -2.26. The van der Waals surface area contributed by atoms with Crippen LogP contribution in [0.3, 0.4) is 0 Å². The summed E-state index contributed by atoms with van der Waals surface area (Å²) < 4.78 is 19.4. The summed E-state index contributed by atoms with van der Waals surface area (Å²) in [6.45, 7) is 2.33. The molecule has 1 aromatic heterocycles. The number of hydrogen-bond donors (Lipinski definition) is 3. The van der Waals surface area contributed by atoms with Gasteiger partial charge in [-0.1, -0.05) is 0 Å². The van der Waals surface area contributed by atoms with Crippen LogP contribution in [-0.4, -0.2) is 52.1 Å². The van der Waals surface area contributed by atoms with Crippen LogP contribution < -0.4 is 10.1 Å². The molecule has 0 aliphatic carbocycles. The van der Waals surface area contributed by atoms with Gasteiger partial charge in [0.2, 0.25) is 5.91 Å². The number of hydrogen-bond acceptors (Lipinski definition) is 6. The molecule has 0 unspecified atom stereocenters. The molecule has 1 fully saturated rings. The van der Waals surface area contributed by atoms with E-state index in [-0.39, 0.29) is 23.3 Å². The lowest BCUT2D eigenvalue weighted by Crippen LogP contribution is -2.38. The minimum Gasteiger partial charge on any atom is -0.439 e. The van der Waals surface area contributed by atoms with Crippen LogP contribution in [0.4, 0.5) is 4.39 Å². The summed E-state index contributed by atoms with van der Waals surface area (Å²) >= 11 is 0. The summed E-state index contributed by atoms with van der Waals surface area (Å²) in [5.74, 6) is -2.61. The van der Waals surface area contributed by atoms with Crippen LogP contribution in [0.15, 0.2) is 36.5 Å². The molecule has 1 amide bonds. The van der Waals surface area contributed by atoms with Gasteiger partial charge in [0.25, 0.3) is 0 Å². The van der Waals surface area contributed by atoms with Crippen LogP contribution >= 0.6 is 0 Å². The summed E-state index contributed by atoms with van der Waals surface area (Å²) in [7, 11) is 1.78. The van der Waals surface area contributed by atoms with Crippen molar-refractivity contribution in [3.05, 3.63) is 48.0 Å². The Morgan fingerprint density at radius 1 is 1.32 bits per heavy atom. The topological polar surface area (TPSA) is 94.9 Å². The fraction of sp³-hybridized carbons (Fsp3) is 0.400. The standard InChI is InChI=1S/C20H24FN3O4/c1-20(26,27)28-14-3-4-16(21)15(12-14)13-7-8-22-18(11-13)17-5-6-19(25)24(2)10-9-23-17/h3-4,7-8,11-12,17,23,26-27H,5-6,9-10H2,1-2H3/t17-/m1/s1. The van der Waals surface area contributed by atoms with Gasteiger partial charge < -0.3 is 25.2 Å². The number of amides is 1. The number of nitrogens with one attached hydrogen (secondary N) is 1. The van der Waals surface area contributed by atoms with Gasteiger partial charge in [0, 0.05) is 45.2 Å². The minimum absolute atomic E-state index is 0.0922. The van der Waals surface area contributed by atoms with Crippen LogP contribution in [0.25, 0.3) is 11.1 Å². The summed E-state index contributed by atoms with van der Waals surface area (Å²) in [4.78, 5) is 18.1. The maximum absolute atomic E-state index is 14.4. The maximum Gasteiger partial charge on any atom is 0.318 e. The van der Waals surface area contributed by atoms with Crippen molar-refractivity contribution in [2.24, 2.45) is 0 Å². The van der Waals surface area contributed by atoms with Gasteiger partial charge in [-0.25, -0.2) is 4.39 Å². The summed E-state index contributed by atoms with van der Waals surface area (Å²) in [5, 5.41) is 22.2. The second-order valence-corrected chi connectivity index (χ2v) is 7.01. The smallest absolute Gasteiger partial charge is 0.318 e. The van der Waals surface area contributed by atoms with E-state index in [4.69, 9.17) is 4.74 Å². The average molecular weight is 389 g/mol. The van der Waals surface area contributed by atoms with Crippen LogP contribution in [0.5, 0.6) is 5.75 Å². The van der Waals surface area contributed by atoms with Gasteiger partial charge in [-0.3, -0.25) is 9.78 Å². The molecule has 1 saturated heterocycles. The van der Waals surface area contributed by atoms with Crippen LogP contribution in [-0.2, 0) is 4.79 Å². The van der Waals surface area contributed by atoms with E-state index >= 15 is 0 Å². The van der Waals surface area contributed by atoms with E-state index in [1.165, 1.54) is 18.2 Å². The molecule has 0 saturated carbocycles. The van der Waals surface area contributed by atoms with Gasteiger partial charge in [-0.2, -0.15) is 0 Å². The fourth-order valence-electron chi connectivity index (χ4n) is 3.16. The number of halogens is 1. The molecule has 2 heterocycles. The van der Waals surface area contributed by atoms with E-state index in [1.807, 2.05) is 0 Å². The third-order valence-corrected chi connectivity index (χ3v) is 4.61. The molecule has 0 spiro atoms. The monoisotopic (exact) mass is 389 g/mol. The lowest BCUT2D eigenvalue weighted by molar-refractivity contribution is -0.277. The molecule has 28 heavy (non-hydrogen) atoms. The van der Waals surface area contributed by atoms with Crippen molar-refractivity contribution in [1.29, 1.82) is 0 Å². The van der Waals surface area contributed by atoms with Crippen molar-refractivity contribution in [1.82, 2.24) is 15.2 Å². The quantitative estimate of drug-likeness (QED) is 0.691. The molecule has 3 rings (SSSR count). The Balaban J connectivity index is 1.87. The number of ether oxygens (including phenoxy) is 1. The molecule has 1 aliphatic rings. The zero-order valence-electron chi connectivity index (χ0n) is 15.9. The second kappa shape index (κ2) is 8.22. The number of nitrogens with zero attached hydrogens (tertiary/aromatic N) is 2. The number of carbonyl (C=O) groups excluding carboxylic acids is 1. The first-order valence-corrected chi connectivity index (χ1v) is 9.10. The Morgan fingerprint density at radius 3 is 2.86 bits per heavy atom. The Bertz CT molecular complexity index is 854. The summed E-state index contributed by atoms with van der Waals surface area (Å²) in [6.07, 6.45) is 2.59. The van der Waals surface area contributed by atoms with Gasteiger partial charge in [-0.05, 0) is 42.3 Å². The molecule has 0 radical (unpaired) electrons. The van der Waals surface area contributed by atoms with Gasteiger partial charge in [0.05, 0.1) is 11.7 Å². The number of benzene rings is 1. The van der Waals surface area contributed by atoms with E-state index in [0.717, 1.165) is 12.6 Å². The van der Waals surface area contributed by atoms with Crippen molar-refractivity contribution < 1.29 is 24.1 Å². The van der Waals surface area contributed by atoms with Crippen molar-refractivity contribution in [3.63, 3.8) is 0 Å². The molecular formula is C20H24FN3O4. The van der Waals surface area contributed by atoms with Gasteiger partial charge in [0.15, 0.2) is 0 Å². The number of aliphatic hydroxyl groups is 2. The molecule has 1 atom stereocenters. The fourth-order valence-corrected chi connectivity index (χ4v) is 3.16. The SMILES string of the molecule is CN1CCN[C@@H](c2cc(-c3cc(OC(C)(O)O)ccc3F)ccn2)CCC1=O. The highest BCUT2D eigenvalue weighted by Gasteiger charge is 2.21. The highest BCUT2D eigenvalue weighted by Crippen LogP contribution is 2.30. The zero-order chi connectivity index (χ0) is 20.3. The van der Waals surface area contributed by atoms with Crippen molar-refractivity contribution in [2.45, 2.75) is 31.8 Å². The highest BCUT2D eigenvalue weighted by molar-refractivity contribution is 5.76. The van der Waals surface area contributed by atoms with Crippen molar-refractivity contribution in [3.8, 4) is 16.9 Å². The minimum atomic E-state index is -2.36. The molecule has 3 N–H and O–H groups in total. The Kier molecular flexibility index (Phi) is 5.93. The molecule has 8 heteroatoms. The van der Waals surface area contributed by atoms with E-state index in [2.05, 4.69) is 10.3 Å². The Hall–Kier alpha value is -2.55. The van der Waals surface area contributed by atoms with Gasteiger partial charge in [0.1, 0.15) is 11.6 Å². The van der Waals surface area contributed by atoms with Gasteiger partial charge >= 0.3 is 5.97 Å². The molecule has 0 bridgehead atoms.